The summed E-state index contributed by atoms with van der Waals surface area (Å²) in [6, 6.07) is 8.34. The normalized spacial score (nSPS) is 10.3. The van der Waals surface area contributed by atoms with E-state index >= 15 is 0 Å². The van der Waals surface area contributed by atoms with Gasteiger partial charge >= 0.3 is 0 Å². The Morgan fingerprint density at radius 1 is 1.18 bits per heavy atom. The Kier molecular flexibility index (Phi) is 3.69. The second-order valence-electron chi connectivity index (χ2n) is 4.03. The molecule has 0 aliphatic carbocycles. The summed E-state index contributed by atoms with van der Waals surface area (Å²) < 4.78 is 5.30. The Morgan fingerprint density at radius 3 is 2.53 bits per heavy atom. The molecule has 0 spiro atoms. The molecule has 0 aliphatic rings. The van der Waals surface area contributed by atoms with Crippen LogP contribution in [0, 0.1) is 13.8 Å². The molecule has 2 aromatic rings. The first kappa shape index (κ1) is 12.0. The number of thiophene rings is 1. The Labute approximate surface area is 106 Å². The third kappa shape index (κ3) is 2.61. The first-order chi connectivity index (χ1) is 8.22. The Hall–Kier alpha value is -1.48. The fourth-order valence-electron chi connectivity index (χ4n) is 1.90. The number of methoxy groups -OCH3 is 1. The van der Waals surface area contributed by atoms with Gasteiger partial charge in [0.1, 0.15) is 5.75 Å². The van der Waals surface area contributed by atoms with Crippen molar-refractivity contribution in [1.29, 1.82) is 0 Å². The van der Waals surface area contributed by atoms with E-state index < -0.39 is 0 Å². The molecule has 0 unspecified atom stereocenters. The van der Waals surface area contributed by atoms with Crippen molar-refractivity contribution in [3.05, 3.63) is 45.6 Å². The second-order valence-corrected chi connectivity index (χ2v) is 5.03. The molecule has 0 saturated carbocycles. The summed E-state index contributed by atoms with van der Waals surface area (Å²) in [4.78, 5) is 1.23. The van der Waals surface area contributed by atoms with Crippen LogP contribution >= 0.6 is 11.3 Å². The fourth-order valence-corrected chi connectivity index (χ4v) is 2.68. The number of para-hydroxylation sites is 1. The van der Waals surface area contributed by atoms with Gasteiger partial charge in [0.05, 0.1) is 18.5 Å². The van der Waals surface area contributed by atoms with Crippen LogP contribution in [0.15, 0.2) is 29.6 Å². The average Bonchev–Trinajstić information content (AvgIpc) is 2.76. The zero-order valence-corrected chi connectivity index (χ0v) is 11.2. The van der Waals surface area contributed by atoms with Crippen LogP contribution in [0.1, 0.15) is 16.0 Å². The van der Waals surface area contributed by atoms with E-state index in [4.69, 9.17) is 4.74 Å². The van der Waals surface area contributed by atoms with Crippen molar-refractivity contribution in [2.24, 2.45) is 0 Å². The second kappa shape index (κ2) is 5.23. The molecule has 3 heteroatoms. The van der Waals surface area contributed by atoms with E-state index in [1.54, 1.807) is 18.4 Å². The first-order valence-corrected chi connectivity index (χ1v) is 6.50. The number of hydrogen-bond acceptors (Lipinski definition) is 3. The van der Waals surface area contributed by atoms with Gasteiger partial charge in [0, 0.05) is 5.69 Å². The molecule has 0 saturated heterocycles. The Balaban J connectivity index is 2.13. The lowest BCUT2D eigenvalue weighted by Gasteiger charge is -2.12. The maximum Gasteiger partial charge on any atom is 0.134 e. The molecular formula is C14H17NOS. The van der Waals surface area contributed by atoms with E-state index in [-0.39, 0.29) is 0 Å². The largest absolute Gasteiger partial charge is 0.496 e. The van der Waals surface area contributed by atoms with Crippen molar-refractivity contribution in [3.63, 3.8) is 0 Å². The molecule has 0 aliphatic heterocycles. The summed E-state index contributed by atoms with van der Waals surface area (Å²) in [6.07, 6.45) is 0. The lowest BCUT2D eigenvalue weighted by molar-refractivity contribution is 0.413. The highest BCUT2D eigenvalue weighted by Crippen LogP contribution is 2.27. The third-order valence-electron chi connectivity index (χ3n) is 2.83. The van der Waals surface area contributed by atoms with Gasteiger partial charge in [-0.2, -0.15) is 0 Å². The molecule has 0 amide bonds. The molecule has 0 radical (unpaired) electrons. The molecule has 90 valence electrons. The summed E-state index contributed by atoms with van der Waals surface area (Å²) in [6.45, 7) is 5.06. The van der Waals surface area contributed by atoms with Crippen molar-refractivity contribution in [2.45, 2.75) is 20.4 Å². The van der Waals surface area contributed by atoms with Gasteiger partial charge in [0.15, 0.2) is 0 Å². The molecule has 1 aromatic heterocycles. The summed E-state index contributed by atoms with van der Waals surface area (Å²) in [5.74, 6) is 0.966. The summed E-state index contributed by atoms with van der Waals surface area (Å²) in [7, 11) is 1.71. The van der Waals surface area contributed by atoms with Crippen molar-refractivity contribution >= 4 is 17.0 Å². The average molecular weight is 247 g/mol. The van der Waals surface area contributed by atoms with Crippen molar-refractivity contribution in [3.8, 4) is 5.75 Å². The molecule has 0 bridgehead atoms. The van der Waals surface area contributed by atoms with Crippen molar-refractivity contribution in [2.75, 3.05) is 12.4 Å². The number of hydrogen-bond donors (Lipinski definition) is 1. The minimum atomic E-state index is 0.812. The van der Waals surface area contributed by atoms with Gasteiger partial charge in [-0.15, -0.1) is 11.3 Å². The van der Waals surface area contributed by atoms with E-state index in [1.165, 1.54) is 21.7 Å². The highest BCUT2D eigenvalue weighted by Gasteiger charge is 2.06. The van der Waals surface area contributed by atoms with Crippen molar-refractivity contribution < 1.29 is 4.74 Å². The SMILES string of the molecule is COc1ccsc1CNc1c(C)cccc1C. The van der Waals surface area contributed by atoms with Gasteiger partial charge in [-0.05, 0) is 36.4 Å². The third-order valence-corrected chi connectivity index (χ3v) is 3.73. The summed E-state index contributed by atoms with van der Waals surface area (Å²) in [5.41, 5.74) is 3.78. The van der Waals surface area contributed by atoms with E-state index in [0.717, 1.165) is 12.3 Å². The molecule has 2 rings (SSSR count). The number of aryl methyl sites for hydroxylation is 2. The van der Waals surface area contributed by atoms with Crippen LogP contribution in [-0.4, -0.2) is 7.11 Å². The zero-order chi connectivity index (χ0) is 12.3. The van der Waals surface area contributed by atoms with Gasteiger partial charge in [-0.25, -0.2) is 0 Å². The highest BCUT2D eigenvalue weighted by atomic mass is 32.1. The molecule has 1 N–H and O–H groups in total. The number of rotatable bonds is 4. The van der Waals surface area contributed by atoms with Crippen LogP contribution in [0.2, 0.25) is 0 Å². The van der Waals surface area contributed by atoms with Crippen LogP contribution < -0.4 is 10.1 Å². The zero-order valence-electron chi connectivity index (χ0n) is 10.4. The monoisotopic (exact) mass is 247 g/mol. The van der Waals surface area contributed by atoms with E-state index in [1.807, 2.05) is 6.07 Å². The molecular weight excluding hydrogens is 230 g/mol. The molecule has 1 aromatic carbocycles. The summed E-state index contributed by atoms with van der Waals surface area (Å²) >= 11 is 1.72. The van der Waals surface area contributed by atoms with Gasteiger partial charge in [0.25, 0.3) is 0 Å². The predicted octanol–water partition coefficient (Wildman–Crippen LogP) is 3.99. The maximum atomic E-state index is 5.30. The van der Waals surface area contributed by atoms with Crippen molar-refractivity contribution in [1.82, 2.24) is 0 Å². The number of anilines is 1. The first-order valence-electron chi connectivity index (χ1n) is 5.63. The minimum absolute atomic E-state index is 0.812. The highest BCUT2D eigenvalue weighted by molar-refractivity contribution is 7.10. The maximum absolute atomic E-state index is 5.30. The van der Waals surface area contributed by atoms with E-state index in [2.05, 4.69) is 42.7 Å². The van der Waals surface area contributed by atoms with E-state index in [9.17, 15) is 0 Å². The number of nitrogens with one attached hydrogen (secondary N) is 1. The van der Waals surface area contributed by atoms with Gasteiger partial charge < -0.3 is 10.1 Å². The van der Waals surface area contributed by atoms with Crippen LogP contribution in [0.5, 0.6) is 5.75 Å². The molecule has 2 nitrogen and oxygen atoms in total. The van der Waals surface area contributed by atoms with Crippen LogP contribution in [0.4, 0.5) is 5.69 Å². The lowest BCUT2D eigenvalue weighted by atomic mass is 10.1. The smallest absolute Gasteiger partial charge is 0.134 e. The van der Waals surface area contributed by atoms with Crippen LogP contribution in [0.25, 0.3) is 0 Å². The molecule has 0 atom stereocenters. The van der Waals surface area contributed by atoms with Gasteiger partial charge in [-0.1, -0.05) is 18.2 Å². The number of benzene rings is 1. The van der Waals surface area contributed by atoms with Crippen LogP contribution in [0.3, 0.4) is 0 Å². The lowest BCUT2D eigenvalue weighted by Crippen LogP contribution is -2.02. The van der Waals surface area contributed by atoms with Gasteiger partial charge in [-0.3, -0.25) is 0 Å². The quantitative estimate of drug-likeness (QED) is 0.882. The minimum Gasteiger partial charge on any atom is -0.496 e. The molecule has 1 heterocycles. The molecule has 17 heavy (non-hydrogen) atoms. The fraction of sp³-hybridized carbons (Fsp3) is 0.286. The van der Waals surface area contributed by atoms with Crippen LogP contribution in [-0.2, 0) is 6.54 Å². The topological polar surface area (TPSA) is 21.3 Å². The summed E-state index contributed by atoms with van der Waals surface area (Å²) in [5, 5.41) is 5.54. The standard InChI is InChI=1S/C14H17NOS/c1-10-5-4-6-11(2)14(10)15-9-13-12(16-3)7-8-17-13/h4-8,15H,9H2,1-3H3. The van der Waals surface area contributed by atoms with Gasteiger partial charge in [0.2, 0.25) is 0 Å². The Bertz CT molecular complexity index is 484. The predicted molar refractivity (Wildman–Crippen MR) is 74.1 cm³/mol. The molecule has 0 fully saturated rings. The van der Waals surface area contributed by atoms with E-state index in [0.29, 0.717) is 0 Å². The number of ether oxygens (including phenoxy) is 1. The Morgan fingerprint density at radius 2 is 1.88 bits per heavy atom.